The highest BCUT2D eigenvalue weighted by atomic mass is 19.4. The van der Waals surface area contributed by atoms with Crippen molar-refractivity contribution in [1.82, 2.24) is 24.9 Å². The summed E-state index contributed by atoms with van der Waals surface area (Å²) in [6.07, 6.45) is -0.478. The maximum atomic E-state index is 12.9. The Labute approximate surface area is 169 Å². The van der Waals surface area contributed by atoms with Gasteiger partial charge in [0.25, 0.3) is 0 Å². The van der Waals surface area contributed by atoms with E-state index in [0.29, 0.717) is 39.3 Å². The lowest BCUT2D eigenvalue weighted by Gasteiger charge is -2.39. The number of nitrogens with zero attached hydrogens (tertiary/aromatic N) is 5. The SMILES string of the molecule is CCNC(=NCc1cnn(-c2ccccc2)c1)N1CCN(C(C)C(F)(F)F)CC1. The van der Waals surface area contributed by atoms with E-state index in [0.717, 1.165) is 17.2 Å². The Balaban J connectivity index is 1.62. The van der Waals surface area contributed by atoms with E-state index in [2.05, 4.69) is 15.4 Å². The lowest BCUT2D eigenvalue weighted by atomic mass is 10.2. The van der Waals surface area contributed by atoms with Crippen molar-refractivity contribution in [2.75, 3.05) is 32.7 Å². The summed E-state index contributed by atoms with van der Waals surface area (Å²) in [5.41, 5.74) is 1.94. The van der Waals surface area contributed by atoms with Crippen molar-refractivity contribution >= 4 is 5.96 Å². The number of para-hydroxylation sites is 1. The Morgan fingerprint density at radius 3 is 2.48 bits per heavy atom. The highest BCUT2D eigenvalue weighted by Crippen LogP contribution is 2.25. The van der Waals surface area contributed by atoms with Gasteiger partial charge < -0.3 is 10.2 Å². The summed E-state index contributed by atoms with van der Waals surface area (Å²) in [6, 6.07) is 8.40. The molecule has 1 unspecified atom stereocenters. The number of halogens is 3. The van der Waals surface area contributed by atoms with E-state index in [4.69, 9.17) is 0 Å². The third kappa shape index (κ3) is 5.50. The van der Waals surface area contributed by atoms with Gasteiger partial charge in [0.15, 0.2) is 5.96 Å². The first-order chi connectivity index (χ1) is 13.9. The quantitative estimate of drug-likeness (QED) is 0.611. The van der Waals surface area contributed by atoms with Crippen molar-refractivity contribution in [1.29, 1.82) is 0 Å². The summed E-state index contributed by atoms with van der Waals surface area (Å²) in [5, 5.41) is 7.62. The Hall–Kier alpha value is -2.55. The molecule has 1 aliphatic heterocycles. The zero-order valence-electron chi connectivity index (χ0n) is 16.7. The van der Waals surface area contributed by atoms with E-state index < -0.39 is 12.2 Å². The summed E-state index contributed by atoms with van der Waals surface area (Å²) < 4.78 is 40.6. The van der Waals surface area contributed by atoms with Gasteiger partial charge in [-0.2, -0.15) is 18.3 Å². The molecule has 0 aliphatic carbocycles. The number of guanidine groups is 1. The zero-order valence-corrected chi connectivity index (χ0v) is 16.7. The maximum absolute atomic E-state index is 12.9. The van der Waals surface area contributed by atoms with Gasteiger partial charge in [-0.15, -0.1) is 0 Å². The Kier molecular flexibility index (Phi) is 6.79. The van der Waals surface area contributed by atoms with Crippen molar-refractivity contribution in [3.05, 3.63) is 48.3 Å². The van der Waals surface area contributed by atoms with Gasteiger partial charge in [0.1, 0.15) is 6.04 Å². The minimum atomic E-state index is -4.19. The largest absolute Gasteiger partial charge is 0.403 e. The summed E-state index contributed by atoms with van der Waals surface area (Å²) in [4.78, 5) is 8.17. The molecule has 29 heavy (non-hydrogen) atoms. The van der Waals surface area contributed by atoms with E-state index in [1.165, 1.54) is 11.8 Å². The number of hydrogen-bond donors (Lipinski definition) is 1. The highest BCUT2D eigenvalue weighted by Gasteiger charge is 2.41. The fourth-order valence-electron chi connectivity index (χ4n) is 3.28. The molecule has 9 heteroatoms. The molecule has 2 aromatic rings. The molecule has 1 fully saturated rings. The number of aliphatic imine (C=N–C) groups is 1. The van der Waals surface area contributed by atoms with Crippen LogP contribution in [0.4, 0.5) is 13.2 Å². The van der Waals surface area contributed by atoms with Crippen LogP contribution in [0.15, 0.2) is 47.7 Å². The average Bonchev–Trinajstić information content (AvgIpc) is 3.20. The molecular formula is C20H27F3N6. The number of hydrogen-bond acceptors (Lipinski definition) is 3. The molecule has 1 saturated heterocycles. The van der Waals surface area contributed by atoms with Gasteiger partial charge in [-0.05, 0) is 26.0 Å². The second-order valence-electron chi connectivity index (χ2n) is 7.04. The Morgan fingerprint density at radius 1 is 1.17 bits per heavy atom. The van der Waals surface area contributed by atoms with Gasteiger partial charge in [-0.25, -0.2) is 9.67 Å². The summed E-state index contributed by atoms with van der Waals surface area (Å²) in [5.74, 6) is 0.722. The molecule has 1 aromatic carbocycles. The molecule has 0 radical (unpaired) electrons. The summed E-state index contributed by atoms with van der Waals surface area (Å²) in [6.45, 7) is 6.08. The molecule has 0 bridgehead atoms. The number of benzene rings is 1. The molecule has 0 saturated carbocycles. The molecule has 0 amide bonds. The highest BCUT2D eigenvalue weighted by molar-refractivity contribution is 5.80. The number of nitrogens with one attached hydrogen (secondary N) is 1. The van der Waals surface area contributed by atoms with Crippen LogP contribution in [-0.4, -0.2) is 70.5 Å². The van der Waals surface area contributed by atoms with Gasteiger partial charge in [-0.1, -0.05) is 18.2 Å². The minimum Gasteiger partial charge on any atom is -0.357 e. The third-order valence-electron chi connectivity index (χ3n) is 5.04. The van der Waals surface area contributed by atoms with Crippen molar-refractivity contribution in [3.63, 3.8) is 0 Å². The second kappa shape index (κ2) is 9.30. The van der Waals surface area contributed by atoms with E-state index in [-0.39, 0.29) is 0 Å². The number of piperazine rings is 1. The Morgan fingerprint density at radius 2 is 1.86 bits per heavy atom. The van der Waals surface area contributed by atoms with E-state index in [1.54, 1.807) is 10.9 Å². The molecule has 2 heterocycles. The standard InChI is InChI=1S/C20H27F3N6/c1-3-24-19(28-11-9-27(10-12-28)16(2)20(21,22)23)25-13-17-14-26-29(15-17)18-7-5-4-6-8-18/h4-8,14-16H,3,9-13H2,1-2H3,(H,24,25). The number of rotatable bonds is 5. The molecule has 1 aromatic heterocycles. The van der Waals surface area contributed by atoms with Gasteiger partial charge in [0.05, 0.1) is 18.4 Å². The zero-order chi connectivity index (χ0) is 20.9. The van der Waals surface area contributed by atoms with Crippen LogP contribution in [0.5, 0.6) is 0 Å². The van der Waals surface area contributed by atoms with Gasteiger partial charge in [0, 0.05) is 44.5 Å². The predicted molar refractivity (Wildman–Crippen MR) is 107 cm³/mol. The Bertz CT molecular complexity index is 794. The molecule has 0 spiro atoms. The van der Waals surface area contributed by atoms with Crippen LogP contribution < -0.4 is 5.32 Å². The van der Waals surface area contributed by atoms with Crippen LogP contribution in [0.1, 0.15) is 19.4 Å². The first kappa shape index (κ1) is 21.2. The first-order valence-electron chi connectivity index (χ1n) is 9.81. The second-order valence-corrected chi connectivity index (χ2v) is 7.04. The number of alkyl halides is 3. The summed E-state index contributed by atoms with van der Waals surface area (Å²) >= 11 is 0. The lowest BCUT2D eigenvalue weighted by Crippen LogP contribution is -2.56. The van der Waals surface area contributed by atoms with Crippen LogP contribution in [-0.2, 0) is 6.54 Å². The summed E-state index contributed by atoms with van der Waals surface area (Å²) in [7, 11) is 0. The smallest absolute Gasteiger partial charge is 0.357 e. The van der Waals surface area contributed by atoms with Crippen LogP contribution in [0, 0.1) is 0 Å². The average molecular weight is 408 g/mol. The van der Waals surface area contributed by atoms with Crippen molar-refractivity contribution in [2.45, 2.75) is 32.6 Å². The third-order valence-corrected chi connectivity index (χ3v) is 5.04. The molecule has 1 aliphatic rings. The van der Waals surface area contributed by atoms with Crippen molar-refractivity contribution < 1.29 is 13.2 Å². The molecule has 1 atom stereocenters. The van der Waals surface area contributed by atoms with Gasteiger partial charge >= 0.3 is 6.18 Å². The first-order valence-corrected chi connectivity index (χ1v) is 9.81. The van der Waals surface area contributed by atoms with Gasteiger partial charge in [-0.3, -0.25) is 4.90 Å². The van der Waals surface area contributed by atoms with Crippen molar-refractivity contribution in [3.8, 4) is 5.69 Å². The van der Waals surface area contributed by atoms with Crippen molar-refractivity contribution in [2.24, 2.45) is 4.99 Å². The monoisotopic (exact) mass is 408 g/mol. The van der Waals surface area contributed by atoms with Gasteiger partial charge in [0.2, 0.25) is 0 Å². The fraction of sp³-hybridized carbons (Fsp3) is 0.500. The molecule has 158 valence electrons. The number of aromatic nitrogens is 2. The van der Waals surface area contributed by atoms with Crippen LogP contribution in [0.3, 0.4) is 0 Å². The van der Waals surface area contributed by atoms with Crippen LogP contribution >= 0.6 is 0 Å². The minimum absolute atomic E-state index is 0.358. The molecule has 1 N–H and O–H groups in total. The fourth-order valence-corrected chi connectivity index (χ4v) is 3.28. The lowest BCUT2D eigenvalue weighted by molar-refractivity contribution is -0.181. The topological polar surface area (TPSA) is 48.7 Å². The normalized spacial score (nSPS) is 17.4. The van der Waals surface area contributed by atoms with E-state index >= 15 is 0 Å². The molecular weight excluding hydrogens is 381 g/mol. The van der Waals surface area contributed by atoms with E-state index in [9.17, 15) is 13.2 Å². The molecule has 3 rings (SSSR count). The maximum Gasteiger partial charge on any atom is 0.403 e. The predicted octanol–water partition coefficient (Wildman–Crippen LogP) is 2.91. The van der Waals surface area contributed by atoms with Crippen LogP contribution in [0.2, 0.25) is 0 Å². The molecule has 6 nitrogen and oxygen atoms in total. The van der Waals surface area contributed by atoms with E-state index in [1.807, 2.05) is 48.4 Å². The van der Waals surface area contributed by atoms with Crippen LogP contribution in [0.25, 0.3) is 5.69 Å².